The predicted octanol–water partition coefficient (Wildman–Crippen LogP) is 0.735. The van der Waals surface area contributed by atoms with E-state index in [2.05, 4.69) is 5.10 Å². The highest BCUT2D eigenvalue weighted by molar-refractivity contribution is 5.39. The van der Waals surface area contributed by atoms with Gasteiger partial charge in [-0.25, -0.2) is 0 Å². The second-order valence-corrected chi connectivity index (χ2v) is 3.15. The molecule has 4 heteroatoms. The van der Waals surface area contributed by atoms with E-state index in [9.17, 15) is 0 Å². The maximum absolute atomic E-state index is 5.68. The minimum Gasteiger partial charge on any atom is -0.396 e. The average molecular weight is 167 g/mol. The Kier molecular flexibility index (Phi) is 1.77. The highest BCUT2D eigenvalue weighted by Gasteiger charge is 2.19. The van der Waals surface area contributed by atoms with Crippen LogP contribution in [0.5, 0.6) is 0 Å². The molecule has 4 nitrogen and oxygen atoms in total. The van der Waals surface area contributed by atoms with Gasteiger partial charge in [0.25, 0.3) is 0 Å². The van der Waals surface area contributed by atoms with Crippen molar-refractivity contribution in [3.63, 3.8) is 0 Å². The minimum atomic E-state index is 0.391. The smallest absolute Gasteiger partial charge is 0.0778 e. The number of ether oxygens (including phenoxy) is 1. The highest BCUT2D eigenvalue weighted by atomic mass is 16.5. The van der Waals surface area contributed by atoms with Crippen LogP contribution in [0.25, 0.3) is 0 Å². The van der Waals surface area contributed by atoms with E-state index in [1.54, 1.807) is 6.20 Å². The normalized spacial score (nSPS) is 23.2. The Bertz CT molecular complexity index is 276. The van der Waals surface area contributed by atoms with Crippen molar-refractivity contribution in [1.29, 1.82) is 0 Å². The summed E-state index contributed by atoms with van der Waals surface area (Å²) < 4.78 is 7.23. The molecule has 0 aromatic carbocycles. The zero-order valence-electron chi connectivity index (χ0n) is 7.16. The molecule has 1 aliphatic heterocycles. The van der Waals surface area contributed by atoms with E-state index < -0.39 is 0 Å². The van der Waals surface area contributed by atoms with Crippen molar-refractivity contribution in [3.8, 4) is 0 Å². The summed E-state index contributed by atoms with van der Waals surface area (Å²) in [7, 11) is 0. The van der Waals surface area contributed by atoms with Crippen molar-refractivity contribution in [2.24, 2.45) is 0 Å². The van der Waals surface area contributed by atoms with Gasteiger partial charge in [-0.15, -0.1) is 0 Å². The summed E-state index contributed by atoms with van der Waals surface area (Å²) in [6.07, 6.45) is 2.75. The van der Waals surface area contributed by atoms with E-state index in [4.69, 9.17) is 10.5 Å². The van der Waals surface area contributed by atoms with Crippen LogP contribution in [0.4, 0.5) is 5.69 Å². The van der Waals surface area contributed by atoms with Gasteiger partial charge in [0.15, 0.2) is 0 Å². The first-order valence-corrected chi connectivity index (χ1v) is 4.16. The zero-order chi connectivity index (χ0) is 8.55. The van der Waals surface area contributed by atoms with E-state index >= 15 is 0 Å². The zero-order valence-corrected chi connectivity index (χ0v) is 7.16. The number of rotatable bonds is 1. The minimum absolute atomic E-state index is 0.391. The van der Waals surface area contributed by atoms with Crippen LogP contribution in [0.15, 0.2) is 6.20 Å². The third-order valence-corrected chi connectivity index (χ3v) is 2.33. The van der Waals surface area contributed by atoms with Crippen LogP contribution in [-0.2, 0) is 4.74 Å². The lowest BCUT2D eigenvalue weighted by molar-refractivity contribution is 0.184. The van der Waals surface area contributed by atoms with Gasteiger partial charge in [0.2, 0.25) is 0 Å². The Hall–Kier alpha value is -1.03. The third-order valence-electron chi connectivity index (χ3n) is 2.33. The van der Waals surface area contributed by atoms with Crippen LogP contribution in [0.3, 0.4) is 0 Å². The fourth-order valence-corrected chi connectivity index (χ4v) is 1.52. The predicted molar refractivity (Wildman–Crippen MR) is 45.8 cm³/mol. The molecule has 0 bridgehead atoms. The maximum atomic E-state index is 5.68. The molecule has 2 rings (SSSR count). The number of nitrogens with two attached hydrogens (primary N) is 1. The average Bonchev–Trinajstić information content (AvgIpc) is 2.64. The van der Waals surface area contributed by atoms with Gasteiger partial charge in [-0.1, -0.05) is 0 Å². The molecule has 1 aromatic rings. The first-order valence-electron chi connectivity index (χ1n) is 4.16. The Labute approximate surface area is 71.3 Å². The Morgan fingerprint density at radius 3 is 3.08 bits per heavy atom. The summed E-state index contributed by atoms with van der Waals surface area (Å²) in [6.45, 7) is 3.59. The van der Waals surface area contributed by atoms with E-state index in [0.717, 1.165) is 31.0 Å². The molecule has 12 heavy (non-hydrogen) atoms. The Morgan fingerprint density at radius 2 is 2.58 bits per heavy atom. The number of aromatic nitrogens is 2. The molecule has 2 N–H and O–H groups in total. The molecule has 1 aromatic heterocycles. The van der Waals surface area contributed by atoms with E-state index in [0.29, 0.717) is 6.04 Å². The first-order chi connectivity index (χ1) is 5.79. The van der Waals surface area contributed by atoms with Crippen molar-refractivity contribution >= 4 is 5.69 Å². The van der Waals surface area contributed by atoms with Crippen LogP contribution in [-0.4, -0.2) is 23.0 Å². The standard InChI is InChI=1S/C8H13N3O/c1-6-8(9)4-10-11(6)7-2-3-12-5-7/h4,7H,2-3,5,9H2,1H3/t7-/m0/s1. The molecule has 1 aliphatic rings. The first kappa shape index (κ1) is 7.61. The second-order valence-electron chi connectivity index (χ2n) is 3.15. The van der Waals surface area contributed by atoms with Crippen molar-refractivity contribution in [3.05, 3.63) is 11.9 Å². The molecule has 0 amide bonds. The largest absolute Gasteiger partial charge is 0.396 e. The third kappa shape index (κ3) is 1.08. The summed E-state index contributed by atoms with van der Waals surface area (Å²) in [6, 6.07) is 0.391. The van der Waals surface area contributed by atoms with E-state index in [-0.39, 0.29) is 0 Å². The van der Waals surface area contributed by atoms with Gasteiger partial charge in [-0.3, -0.25) is 4.68 Å². The fourth-order valence-electron chi connectivity index (χ4n) is 1.52. The van der Waals surface area contributed by atoms with Crippen molar-refractivity contribution in [2.45, 2.75) is 19.4 Å². The number of nitrogen functional groups attached to an aromatic ring is 1. The molecule has 1 atom stereocenters. The number of nitrogens with zero attached hydrogens (tertiary/aromatic N) is 2. The van der Waals surface area contributed by atoms with Gasteiger partial charge < -0.3 is 10.5 Å². The molecule has 0 spiro atoms. The van der Waals surface area contributed by atoms with Crippen LogP contribution < -0.4 is 5.73 Å². The van der Waals surface area contributed by atoms with Gasteiger partial charge >= 0.3 is 0 Å². The summed E-state index contributed by atoms with van der Waals surface area (Å²) in [5, 5.41) is 4.21. The summed E-state index contributed by atoms with van der Waals surface area (Å²) in [4.78, 5) is 0. The van der Waals surface area contributed by atoms with Crippen molar-refractivity contribution in [2.75, 3.05) is 18.9 Å². The molecule has 0 saturated carbocycles. The fraction of sp³-hybridized carbons (Fsp3) is 0.625. The monoisotopic (exact) mass is 167 g/mol. The summed E-state index contributed by atoms with van der Waals surface area (Å²) in [5.74, 6) is 0. The summed E-state index contributed by atoms with van der Waals surface area (Å²) in [5.41, 5.74) is 7.50. The number of anilines is 1. The van der Waals surface area contributed by atoms with Crippen LogP contribution >= 0.6 is 0 Å². The van der Waals surface area contributed by atoms with Crippen molar-refractivity contribution < 1.29 is 4.74 Å². The molecule has 0 radical (unpaired) electrons. The lowest BCUT2D eigenvalue weighted by Crippen LogP contribution is -2.11. The van der Waals surface area contributed by atoms with Gasteiger partial charge in [0.05, 0.1) is 30.2 Å². The molecule has 0 unspecified atom stereocenters. The molecule has 1 saturated heterocycles. The summed E-state index contributed by atoms with van der Waals surface area (Å²) >= 11 is 0. The van der Waals surface area contributed by atoms with Crippen LogP contribution in [0.2, 0.25) is 0 Å². The van der Waals surface area contributed by atoms with E-state index in [1.807, 2.05) is 11.6 Å². The molecular formula is C8H13N3O. The topological polar surface area (TPSA) is 53.1 Å². The van der Waals surface area contributed by atoms with Crippen LogP contribution in [0, 0.1) is 6.92 Å². The Morgan fingerprint density at radius 1 is 1.75 bits per heavy atom. The number of hydrogen-bond acceptors (Lipinski definition) is 3. The maximum Gasteiger partial charge on any atom is 0.0778 e. The van der Waals surface area contributed by atoms with Crippen molar-refractivity contribution in [1.82, 2.24) is 9.78 Å². The van der Waals surface area contributed by atoms with Gasteiger partial charge in [0, 0.05) is 6.61 Å². The highest BCUT2D eigenvalue weighted by Crippen LogP contribution is 2.21. The molecule has 1 fully saturated rings. The van der Waals surface area contributed by atoms with Crippen LogP contribution in [0.1, 0.15) is 18.2 Å². The molecule has 0 aliphatic carbocycles. The second kappa shape index (κ2) is 2.79. The SMILES string of the molecule is Cc1c(N)cnn1[C@H]1CCOC1. The quantitative estimate of drug-likeness (QED) is 0.671. The van der Waals surface area contributed by atoms with E-state index in [1.165, 1.54) is 0 Å². The molecule has 66 valence electrons. The van der Waals surface area contributed by atoms with Gasteiger partial charge in [-0.05, 0) is 13.3 Å². The van der Waals surface area contributed by atoms with Gasteiger partial charge in [-0.2, -0.15) is 5.10 Å². The lowest BCUT2D eigenvalue weighted by atomic mass is 10.2. The molecule has 2 heterocycles. The molecular weight excluding hydrogens is 154 g/mol. The Balaban J connectivity index is 2.26. The van der Waals surface area contributed by atoms with Gasteiger partial charge in [0.1, 0.15) is 0 Å². The lowest BCUT2D eigenvalue weighted by Gasteiger charge is -2.10. The number of hydrogen-bond donors (Lipinski definition) is 1.